The Balaban J connectivity index is 0.000000328. The summed E-state index contributed by atoms with van der Waals surface area (Å²) < 4.78 is 5.36. The van der Waals surface area contributed by atoms with Crippen molar-refractivity contribution in [3.63, 3.8) is 0 Å². The van der Waals surface area contributed by atoms with Gasteiger partial charge in [-0.1, -0.05) is 25.1 Å². The van der Waals surface area contributed by atoms with E-state index in [1.54, 1.807) is 0 Å². The average Bonchev–Trinajstić information content (AvgIpc) is 2.55. The van der Waals surface area contributed by atoms with Crippen LogP contribution in [0.15, 0.2) is 29.3 Å². The van der Waals surface area contributed by atoms with E-state index in [1.165, 1.54) is 11.4 Å². The fourth-order valence-corrected chi connectivity index (χ4v) is 2.32. The maximum atomic E-state index is 9.17. The van der Waals surface area contributed by atoms with Crippen molar-refractivity contribution < 1.29 is 9.53 Å². The van der Waals surface area contributed by atoms with Crippen LogP contribution in [0.25, 0.3) is 0 Å². The molecule has 0 radical (unpaired) electrons. The summed E-state index contributed by atoms with van der Waals surface area (Å²) in [7, 11) is 0. The van der Waals surface area contributed by atoms with Crippen LogP contribution in [0.1, 0.15) is 25.3 Å². The van der Waals surface area contributed by atoms with Gasteiger partial charge in [0.15, 0.2) is 0 Å². The highest BCUT2D eigenvalue weighted by Gasteiger charge is 2.18. The fraction of sp³-hybridized carbons (Fsp3) is 0.500. The van der Waals surface area contributed by atoms with Gasteiger partial charge in [0.05, 0.1) is 18.9 Å². The molecule has 2 aliphatic heterocycles. The largest absolute Gasteiger partial charge is 0.378 e. The predicted molar refractivity (Wildman–Crippen MR) is 80.6 cm³/mol. The molecule has 0 bridgehead atoms. The summed E-state index contributed by atoms with van der Waals surface area (Å²) in [6, 6.07) is 8.43. The van der Waals surface area contributed by atoms with Gasteiger partial charge in [0.1, 0.15) is 12.1 Å². The highest BCUT2D eigenvalue weighted by molar-refractivity contribution is 5.87. The van der Waals surface area contributed by atoms with E-state index in [0.29, 0.717) is 6.42 Å². The van der Waals surface area contributed by atoms with Crippen molar-refractivity contribution in [2.45, 2.75) is 26.2 Å². The summed E-state index contributed by atoms with van der Waals surface area (Å²) in [4.78, 5) is 16.3. The molecule has 0 unspecified atom stereocenters. The molecule has 4 nitrogen and oxygen atoms in total. The molecule has 0 saturated carbocycles. The molecule has 2 aliphatic rings. The molecule has 0 spiro atoms. The molecule has 0 N–H and O–H groups in total. The number of ether oxygens (including phenoxy) is 1. The van der Waals surface area contributed by atoms with E-state index in [-0.39, 0.29) is 0 Å². The lowest BCUT2D eigenvalue weighted by atomic mass is 10.0. The predicted octanol–water partition coefficient (Wildman–Crippen LogP) is 2.59. The van der Waals surface area contributed by atoms with Crippen molar-refractivity contribution in [2.75, 3.05) is 26.3 Å². The molecule has 0 aliphatic carbocycles. The molecule has 1 aromatic carbocycles. The van der Waals surface area contributed by atoms with E-state index in [2.05, 4.69) is 29.2 Å². The summed E-state index contributed by atoms with van der Waals surface area (Å²) in [6.07, 6.45) is 3.70. The van der Waals surface area contributed by atoms with Crippen LogP contribution < -0.4 is 0 Å². The highest BCUT2D eigenvalue weighted by atomic mass is 16.5. The van der Waals surface area contributed by atoms with Crippen LogP contribution in [0.4, 0.5) is 5.69 Å². The molecule has 1 saturated heterocycles. The van der Waals surface area contributed by atoms with E-state index in [9.17, 15) is 4.79 Å². The quantitative estimate of drug-likeness (QED) is 0.739. The van der Waals surface area contributed by atoms with Crippen molar-refractivity contribution in [3.8, 4) is 0 Å². The van der Waals surface area contributed by atoms with Crippen molar-refractivity contribution in [3.05, 3.63) is 29.8 Å². The smallest absolute Gasteiger partial charge is 0.119 e. The van der Waals surface area contributed by atoms with E-state index >= 15 is 0 Å². The molecule has 20 heavy (non-hydrogen) atoms. The van der Waals surface area contributed by atoms with Crippen LogP contribution in [0, 0.1) is 0 Å². The topological polar surface area (TPSA) is 41.9 Å². The summed E-state index contributed by atoms with van der Waals surface area (Å²) in [5.41, 5.74) is 2.52. The number of hydrogen-bond donors (Lipinski definition) is 0. The van der Waals surface area contributed by atoms with Gasteiger partial charge in [0, 0.05) is 25.9 Å². The van der Waals surface area contributed by atoms with Crippen molar-refractivity contribution in [2.24, 2.45) is 4.99 Å². The fourth-order valence-electron chi connectivity index (χ4n) is 2.32. The normalized spacial score (nSPS) is 17.4. The molecule has 3 rings (SSSR count). The van der Waals surface area contributed by atoms with E-state index in [0.717, 1.165) is 51.1 Å². The molecule has 108 valence electrons. The monoisotopic (exact) mass is 274 g/mol. The highest BCUT2D eigenvalue weighted by Crippen LogP contribution is 2.26. The Bertz CT molecular complexity index is 465. The number of amidine groups is 1. The lowest BCUT2D eigenvalue weighted by molar-refractivity contribution is -0.107. The number of para-hydroxylation sites is 1. The standard InChI is InChI=1S/C13H16N2O.C3H6O/c1-2-4-12-11(3-1)5-6-13(14-12)15-7-9-16-10-8-15;1-2-3-4/h1-4H,5-10H2;3H,2H2,1H3. The first-order chi connectivity index (χ1) is 9.85. The number of nitrogens with zero attached hydrogens (tertiary/aromatic N) is 2. The molecular weight excluding hydrogens is 252 g/mol. The number of hydrogen-bond acceptors (Lipinski definition) is 4. The van der Waals surface area contributed by atoms with Crippen molar-refractivity contribution in [1.82, 2.24) is 4.90 Å². The lowest BCUT2D eigenvalue weighted by Crippen LogP contribution is -2.41. The minimum absolute atomic E-state index is 0.639. The Labute approximate surface area is 120 Å². The molecular formula is C16H22N2O2. The number of fused-ring (bicyclic) bond motifs is 1. The van der Waals surface area contributed by atoms with Gasteiger partial charge in [0.2, 0.25) is 0 Å². The molecule has 0 atom stereocenters. The molecule has 4 heteroatoms. The molecule has 0 amide bonds. The number of aliphatic imine (C=N–C) groups is 1. The van der Waals surface area contributed by atoms with E-state index in [4.69, 9.17) is 9.73 Å². The Kier molecular flexibility index (Phi) is 5.74. The van der Waals surface area contributed by atoms with Gasteiger partial charge in [0.25, 0.3) is 0 Å². The number of benzene rings is 1. The first-order valence-corrected chi connectivity index (χ1v) is 7.27. The van der Waals surface area contributed by atoms with Crippen LogP contribution >= 0.6 is 0 Å². The van der Waals surface area contributed by atoms with Gasteiger partial charge in [-0.2, -0.15) is 0 Å². The number of morpholine rings is 1. The third-order valence-electron chi connectivity index (χ3n) is 3.40. The van der Waals surface area contributed by atoms with Gasteiger partial charge >= 0.3 is 0 Å². The summed E-state index contributed by atoms with van der Waals surface area (Å²) >= 11 is 0. The number of aldehydes is 1. The minimum Gasteiger partial charge on any atom is -0.378 e. The van der Waals surface area contributed by atoms with Crippen molar-refractivity contribution in [1.29, 1.82) is 0 Å². The second kappa shape index (κ2) is 7.80. The second-order valence-electron chi connectivity index (χ2n) is 4.83. The average molecular weight is 274 g/mol. The van der Waals surface area contributed by atoms with Crippen molar-refractivity contribution >= 4 is 17.8 Å². The SMILES string of the molecule is CCC=O.c1ccc2c(c1)CCC(N1CCOCC1)=N2. The van der Waals surface area contributed by atoms with Crippen LogP contribution in [0.2, 0.25) is 0 Å². The van der Waals surface area contributed by atoms with Gasteiger partial charge in [-0.15, -0.1) is 0 Å². The number of carbonyl (C=O) groups excluding carboxylic acids is 1. The summed E-state index contributed by atoms with van der Waals surface area (Å²) in [5.74, 6) is 1.24. The van der Waals surface area contributed by atoms with Gasteiger partial charge < -0.3 is 14.4 Å². The first-order valence-electron chi connectivity index (χ1n) is 7.27. The summed E-state index contributed by atoms with van der Waals surface area (Å²) in [6.45, 7) is 5.45. The van der Waals surface area contributed by atoms with Gasteiger partial charge in [-0.25, -0.2) is 4.99 Å². The van der Waals surface area contributed by atoms with Crippen LogP contribution in [0.5, 0.6) is 0 Å². The number of carbonyl (C=O) groups is 1. The molecule has 1 fully saturated rings. The van der Waals surface area contributed by atoms with Crippen LogP contribution in [-0.2, 0) is 16.0 Å². The molecule has 1 aromatic rings. The number of rotatable bonds is 1. The third-order valence-corrected chi connectivity index (χ3v) is 3.40. The van der Waals surface area contributed by atoms with Gasteiger partial charge in [-0.05, 0) is 18.1 Å². The Hall–Kier alpha value is -1.68. The number of aryl methyl sites for hydroxylation is 1. The zero-order chi connectivity index (χ0) is 14.2. The van der Waals surface area contributed by atoms with E-state index in [1.807, 2.05) is 6.92 Å². The van der Waals surface area contributed by atoms with Crippen LogP contribution in [0.3, 0.4) is 0 Å². The Morgan fingerprint density at radius 3 is 2.65 bits per heavy atom. The Morgan fingerprint density at radius 2 is 1.95 bits per heavy atom. The minimum atomic E-state index is 0.639. The Morgan fingerprint density at radius 1 is 1.25 bits per heavy atom. The lowest BCUT2D eigenvalue weighted by Gasteiger charge is -2.31. The zero-order valence-corrected chi connectivity index (χ0v) is 12.0. The molecule has 2 heterocycles. The zero-order valence-electron chi connectivity index (χ0n) is 12.0. The van der Waals surface area contributed by atoms with Crippen LogP contribution in [-0.4, -0.2) is 43.3 Å². The third kappa shape index (κ3) is 3.90. The second-order valence-corrected chi connectivity index (χ2v) is 4.83. The molecule has 0 aromatic heterocycles. The van der Waals surface area contributed by atoms with E-state index < -0.39 is 0 Å². The maximum absolute atomic E-state index is 9.17. The first kappa shape index (κ1) is 14.7. The maximum Gasteiger partial charge on any atom is 0.119 e. The van der Waals surface area contributed by atoms with Gasteiger partial charge in [-0.3, -0.25) is 0 Å². The summed E-state index contributed by atoms with van der Waals surface area (Å²) in [5, 5.41) is 0.